The molecule has 2 atom stereocenters. The Hall–Kier alpha value is -1.05. The lowest BCUT2D eigenvalue weighted by molar-refractivity contribution is 0.420. The molecule has 2 nitrogen and oxygen atoms in total. The van der Waals surface area contributed by atoms with E-state index >= 15 is 0 Å². The third-order valence-electron chi connectivity index (χ3n) is 3.23. The smallest absolute Gasteiger partial charge is 0.124 e. The quantitative estimate of drug-likeness (QED) is 0.697. The Morgan fingerprint density at radius 2 is 2.27 bits per heavy atom. The zero-order valence-electron chi connectivity index (χ0n) is 9.83. The fourth-order valence-electron chi connectivity index (χ4n) is 2.35. The first-order valence-corrected chi connectivity index (χ1v) is 5.88. The molecular weight excluding hydrogens is 184 g/mol. The van der Waals surface area contributed by atoms with E-state index in [0.717, 1.165) is 12.4 Å². The van der Waals surface area contributed by atoms with E-state index < -0.39 is 0 Å². The molecule has 0 amide bonds. The van der Waals surface area contributed by atoms with Crippen LogP contribution >= 0.6 is 0 Å². The van der Waals surface area contributed by atoms with Crippen molar-refractivity contribution in [3.63, 3.8) is 0 Å². The minimum Gasteiger partial charge on any atom is -0.364 e. The molecule has 1 N–H and O–H groups in total. The highest BCUT2D eigenvalue weighted by Gasteiger charge is 2.26. The summed E-state index contributed by atoms with van der Waals surface area (Å²) in [7, 11) is 0. The number of amidine groups is 1. The Bertz CT molecular complexity index is 323. The van der Waals surface area contributed by atoms with Crippen molar-refractivity contribution in [2.75, 3.05) is 6.54 Å². The summed E-state index contributed by atoms with van der Waals surface area (Å²) in [5, 5.41) is 3.46. The van der Waals surface area contributed by atoms with Crippen LogP contribution in [0.15, 0.2) is 28.8 Å². The van der Waals surface area contributed by atoms with Gasteiger partial charge in [-0.3, -0.25) is 4.99 Å². The van der Waals surface area contributed by atoms with Gasteiger partial charge in [0.25, 0.3) is 0 Å². The van der Waals surface area contributed by atoms with E-state index in [2.05, 4.69) is 49.3 Å². The first kappa shape index (κ1) is 10.5. The number of allylic oxidation sites excluding steroid dienone is 2. The van der Waals surface area contributed by atoms with E-state index in [4.69, 9.17) is 0 Å². The van der Waals surface area contributed by atoms with Gasteiger partial charge in [-0.2, -0.15) is 0 Å². The highest BCUT2D eigenvalue weighted by Crippen LogP contribution is 2.29. The summed E-state index contributed by atoms with van der Waals surface area (Å²) in [5.74, 6) is 2.49. The van der Waals surface area contributed by atoms with Gasteiger partial charge < -0.3 is 5.32 Å². The highest BCUT2D eigenvalue weighted by molar-refractivity contribution is 6.00. The molecule has 0 saturated heterocycles. The van der Waals surface area contributed by atoms with Crippen molar-refractivity contribution < 1.29 is 0 Å². The summed E-state index contributed by atoms with van der Waals surface area (Å²) < 4.78 is 0. The number of aliphatic imine (C=N–C) groups is 1. The SMILES string of the molecule is CC1C=CC=C2C(=NCCC2C(C)C)N1. The molecule has 0 fully saturated rings. The van der Waals surface area contributed by atoms with Gasteiger partial charge in [-0.1, -0.05) is 32.1 Å². The largest absolute Gasteiger partial charge is 0.364 e. The fourth-order valence-corrected chi connectivity index (χ4v) is 2.35. The average molecular weight is 204 g/mol. The van der Waals surface area contributed by atoms with Crippen LogP contribution in [-0.4, -0.2) is 18.4 Å². The molecule has 0 aromatic rings. The van der Waals surface area contributed by atoms with Gasteiger partial charge in [-0.15, -0.1) is 0 Å². The van der Waals surface area contributed by atoms with Crippen LogP contribution in [0.1, 0.15) is 27.2 Å². The Morgan fingerprint density at radius 1 is 1.47 bits per heavy atom. The van der Waals surface area contributed by atoms with Gasteiger partial charge in [0.15, 0.2) is 0 Å². The molecular formula is C13H20N2. The van der Waals surface area contributed by atoms with Gasteiger partial charge in [0.05, 0.1) is 0 Å². The van der Waals surface area contributed by atoms with Gasteiger partial charge in [-0.25, -0.2) is 0 Å². The van der Waals surface area contributed by atoms with Crippen LogP contribution in [0.2, 0.25) is 0 Å². The standard InChI is InChI=1S/C13H20N2/c1-9(2)11-7-8-14-13-12(11)6-4-5-10(3)15-13/h4-6,9-11H,7-8H2,1-3H3,(H,14,15). The molecule has 0 bridgehead atoms. The lowest BCUT2D eigenvalue weighted by Gasteiger charge is -2.29. The maximum absolute atomic E-state index is 4.59. The summed E-state index contributed by atoms with van der Waals surface area (Å²) in [4.78, 5) is 4.59. The van der Waals surface area contributed by atoms with Crippen molar-refractivity contribution in [3.8, 4) is 0 Å². The molecule has 2 aliphatic heterocycles. The van der Waals surface area contributed by atoms with Gasteiger partial charge in [0.1, 0.15) is 5.84 Å². The number of nitrogens with one attached hydrogen (secondary N) is 1. The van der Waals surface area contributed by atoms with Crippen LogP contribution in [0, 0.1) is 11.8 Å². The van der Waals surface area contributed by atoms with Crippen molar-refractivity contribution in [3.05, 3.63) is 23.8 Å². The third-order valence-corrected chi connectivity index (χ3v) is 3.23. The van der Waals surface area contributed by atoms with E-state index in [-0.39, 0.29) is 0 Å². The van der Waals surface area contributed by atoms with Crippen LogP contribution in [0.5, 0.6) is 0 Å². The van der Waals surface area contributed by atoms with Crippen molar-refractivity contribution >= 4 is 5.84 Å². The van der Waals surface area contributed by atoms with Crippen molar-refractivity contribution in [2.24, 2.45) is 16.8 Å². The first-order valence-electron chi connectivity index (χ1n) is 5.88. The highest BCUT2D eigenvalue weighted by atomic mass is 15.0. The van der Waals surface area contributed by atoms with Crippen LogP contribution < -0.4 is 5.32 Å². The Morgan fingerprint density at radius 3 is 3.00 bits per heavy atom. The summed E-state index contributed by atoms with van der Waals surface area (Å²) in [6.45, 7) is 7.73. The Labute approximate surface area is 92.2 Å². The molecule has 2 unspecified atom stereocenters. The number of nitrogens with zero attached hydrogens (tertiary/aromatic N) is 1. The number of rotatable bonds is 1. The van der Waals surface area contributed by atoms with Gasteiger partial charge in [0, 0.05) is 12.6 Å². The Kier molecular flexibility index (Phi) is 2.94. The zero-order chi connectivity index (χ0) is 10.8. The number of fused-ring (bicyclic) bond motifs is 1. The van der Waals surface area contributed by atoms with Crippen molar-refractivity contribution in [2.45, 2.75) is 33.2 Å². The minimum atomic E-state index is 0.392. The van der Waals surface area contributed by atoms with Gasteiger partial charge in [-0.05, 0) is 30.8 Å². The van der Waals surface area contributed by atoms with Crippen LogP contribution in [0.3, 0.4) is 0 Å². The number of hydrogen-bond donors (Lipinski definition) is 1. The lowest BCUT2D eigenvalue weighted by atomic mass is 9.83. The Balaban J connectivity index is 2.29. The maximum atomic E-state index is 4.59. The molecule has 2 heteroatoms. The van der Waals surface area contributed by atoms with Crippen molar-refractivity contribution in [1.82, 2.24) is 5.32 Å². The second-order valence-electron chi connectivity index (χ2n) is 4.81. The van der Waals surface area contributed by atoms with Crippen molar-refractivity contribution in [1.29, 1.82) is 0 Å². The normalized spacial score (nSPS) is 30.1. The fraction of sp³-hybridized carbons (Fsp3) is 0.615. The lowest BCUT2D eigenvalue weighted by Crippen LogP contribution is -2.37. The van der Waals surface area contributed by atoms with Gasteiger partial charge >= 0.3 is 0 Å². The molecule has 0 aromatic heterocycles. The van der Waals surface area contributed by atoms with E-state index in [0.29, 0.717) is 17.9 Å². The molecule has 2 aliphatic rings. The summed E-state index contributed by atoms with van der Waals surface area (Å²) in [6.07, 6.45) is 7.78. The zero-order valence-corrected chi connectivity index (χ0v) is 9.83. The van der Waals surface area contributed by atoms with E-state index in [1.54, 1.807) is 0 Å². The molecule has 2 rings (SSSR count). The second kappa shape index (κ2) is 4.21. The first-order chi connectivity index (χ1) is 7.18. The van der Waals surface area contributed by atoms with Gasteiger partial charge in [0.2, 0.25) is 0 Å². The predicted molar refractivity (Wildman–Crippen MR) is 65.1 cm³/mol. The molecule has 0 radical (unpaired) electrons. The number of hydrogen-bond acceptors (Lipinski definition) is 2. The van der Waals surface area contributed by atoms with Crippen LogP contribution in [0.25, 0.3) is 0 Å². The average Bonchev–Trinajstić information content (AvgIpc) is 2.37. The second-order valence-corrected chi connectivity index (χ2v) is 4.81. The third kappa shape index (κ3) is 2.14. The molecule has 0 spiro atoms. The summed E-state index contributed by atoms with van der Waals surface area (Å²) >= 11 is 0. The minimum absolute atomic E-state index is 0.392. The molecule has 2 heterocycles. The van der Waals surface area contributed by atoms with E-state index in [1.165, 1.54) is 12.0 Å². The summed E-state index contributed by atoms with van der Waals surface area (Å²) in [5.41, 5.74) is 1.40. The topological polar surface area (TPSA) is 24.4 Å². The molecule has 0 saturated carbocycles. The summed E-state index contributed by atoms with van der Waals surface area (Å²) in [6, 6.07) is 0.392. The van der Waals surface area contributed by atoms with Crippen LogP contribution in [0.4, 0.5) is 0 Å². The predicted octanol–water partition coefficient (Wildman–Crippen LogP) is 2.54. The molecule has 0 aliphatic carbocycles. The molecule has 15 heavy (non-hydrogen) atoms. The van der Waals surface area contributed by atoms with E-state index in [1.807, 2.05) is 0 Å². The van der Waals surface area contributed by atoms with Crippen LogP contribution in [-0.2, 0) is 0 Å². The monoisotopic (exact) mass is 204 g/mol. The maximum Gasteiger partial charge on any atom is 0.124 e. The van der Waals surface area contributed by atoms with E-state index in [9.17, 15) is 0 Å². The molecule has 82 valence electrons. The molecule has 0 aromatic carbocycles.